The standard InChI is InChI=1S/C30H38BrN6O5P/c1-5-10-28(38)35-26-18-24-25(32-20-33-30(24)34-23-12-9-11-22(31)17-23)19-27(26)42-29(6-2)37-15-13-36(14-16-37)21-43(39,40-7-3)41-8-4/h9,11-12,17-20,29H,6-8,13-16,21H2,1-4H3,(H,35,38)(H,32,33,34). The predicted octanol–water partition coefficient (Wildman–Crippen LogP) is 6.05. The normalized spacial score (nSPS) is 15.0. The third kappa shape index (κ3) is 8.99. The maximum atomic E-state index is 13.0. The smallest absolute Gasteiger partial charge is 0.344 e. The molecule has 2 heterocycles. The summed E-state index contributed by atoms with van der Waals surface area (Å²) in [7, 11) is -3.17. The van der Waals surface area contributed by atoms with Crippen LogP contribution in [0.15, 0.2) is 47.2 Å². The number of amides is 1. The molecule has 1 saturated heterocycles. The third-order valence-electron chi connectivity index (χ3n) is 6.76. The van der Waals surface area contributed by atoms with Crippen LogP contribution in [0.3, 0.4) is 0 Å². The number of anilines is 3. The number of fused-ring (bicyclic) bond motifs is 1. The molecule has 0 aliphatic carbocycles. The number of hydrogen-bond donors (Lipinski definition) is 2. The van der Waals surface area contributed by atoms with Crippen molar-refractivity contribution in [3.8, 4) is 17.6 Å². The largest absolute Gasteiger partial charge is 0.473 e. The van der Waals surface area contributed by atoms with E-state index in [1.807, 2.05) is 50.2 Å². The summed E-state index contributed by atoms with van der Waals surface area (Å²) in [6.45, 7) is 10.8. The molecule has 2 aromatic carbocycles. The monoisotopic (exact) mass is 672 g/mol. The lowest BCUT2D eigenvalue weighted by Gasteiger charge is -2.39. The summed E-state index contributed by atoms with van der Waals surface area (Å²) < 4.78 is 31.5. The zero-order chi connectivity index (χ0) is 30.8. The van der Waals surface area contributed by atoms with Gasteiger partial charge in [0.2, 0.25) is 0 Å². The van der Waals surface area contributed by atoms with Gasteiger partial charge in [-0.3, -0.25) is 19.2 Å². The molecule has 0 spiro atoms. The van der Waals surface area contributed by atoms with E-state index >= 15 is 0 Å². The van der Waals surface area contributed by atoms with Gasteiger partial charge in [-0.15, -0.1) is 0 Å². The molecule has 1 unspecified atom stereocenters. The van der Waals surface area contributed by atoms with Crippen LogP contribution in [0.5, 0.6) is 5.75 Å². The van der Waals surface area contributed by atoms with E-state index in [-0.39, 0.29) is 12.5 Å². The second kappa shape index (κ2) is 15.6. The summed E-state index contributed by atoms with van der Waals surface area (Å²) in [5.41, 5.74) is 1.98. The summed E-state index contributed by atoms with van der Waals surface area (Å²) in [4.78, 5) is 25.9. The van der Waals surface area contributed by atoms with Crippen LogP contribution in [-0.4, -0.2) is 77.6 Å². The number of carbonyl (C=O) groups excluding carboxylic acids is 1. The summed E-state index contributed by atoms with van der Waals surface area (Å²) in [6, 6.07) is 11.4. The Hall–Kier alpha value is -3.04. The van der Waals surface area contributed by atoms with Gasteiger partial charge in [-0.2, -0.15) is 0 Å². The van der Waals surface area contributed by atoms with Crippen molar-refractivity contribution in [2.45, 2.75) is 40.3 Å². The number of nitrogens with one attached hydrogen (secondary N) is 2. The predicted molar refractivity (Wildman–Crippen MR) is 173 cm³/mol. The minimum Gasteiger partial charge on any atom is -0.473 e. The average molecular weight is 674 g/mol. The molecule has 11 nitrogen and oxygen atoms in total. The fraction of sp³-hybridized carbons (Fsp3) is 0.433. The first-order valence-corrected chi connectivity index (χ1v) is 16.9. The van der Waals surface area contributed by atoms with Gasteiger partial charge in [0, 0.05) is 47.8 Å². The molecule has 4 rings (SSSR count). The number of halogens is 1. The second-order valence-electron chi connectivity index (χ2n) is 9.77. The van der Waals surface area contributed by atoms with Crippen LogP contribution in [-0.2, 0) is 18.4 Å². The Morgan fingerprint density at radius 1 is 1.09 bits per heavy atom. The Balaban J connectivity index is 1.56. The van der Waals surface area contributed by atoms with Gasteiger partial charge in [0.05, 0.1) is 24.4 Å². The van der Waals surface area contributed by atoms with E-state index in [4.69, 9.17) is 13.8 Å². The van der Waals surface area contributed by atoms with Gasteiger partial charge in [0.1, 0.15) is 24.2 Å². The molecular weight excluding hydrogens is 635 g/mol. The second-order valence-corrected chi connectivity index (χ2v) is 12.7. The van der Waals surface area contributed by atoms with E-state index in [2.05, 4.69) is 65.1 Å². The maximum Gasteiger partial charge on any atom is 0.344 e. The quantitative estimate of drug-likeness (QED) is 0.164. The fourth-order valence-electron chi connectivity index (χ4n) is 4.86. The number of carbonyl (C=O) groups is 1. The fourth-order valence-corrected chi connectivity index (χ4v) is 7.06. The maximum absolute atomic E-state index is 13.0. The Morgan fingerprint density at radius 3 is 2.49 bits per heavy atom. The lowest BCUT2D eigenvalue weighted by atomic mass is 10.1. The molecule has 230 valence electrons. The molecule has 0 radical (unpaired) electrons. The zero-order valence-corrected chi connectivity index (χ0v) is 27.4. The SMILES string of the molecule is CC#CC(=O)Nc1cc2c(Nc3cccc(Br)c3)ncnc2cc1OC(CC)N1CCN(CP(=O)(OCC)OCC)CC1. The first-order valence-electron chi connectivity index (χ1n) is 14.3. The first-order chi connectivity index (χ1) is 20.8. The van der Waals surface area contributed by atoms with Crippen molar-refractivity contribution in [1.82, 2.24) is 19.8 Å². The van der Waals surface area contributed by atoms with Crippen molar-refractivity contribution in [2.24, 2.45) is 0 Å². The number of nitrogens with zero attached hydrogens (tertiary/aromatic N) is 4. The Morgan fingerprint density at radius 2 is 1.84 bits per heavy atom. The van der Waals surface area contributed by atoms with Crippen LogP contribution < -0.4 is 15.4 Å². The van der Waals surface area contributed by atoms with Crippen molar-refractivity contribution in [2.75, 3.05) is 56.3 Å². The minimum atomic E-state index is -3.17. The van der Waals surface area contributed by atoms with Gasteiger partial charge >= 0.3 is 7.60 Å². The number of piperazine rings is 1. The lowest BCUT2D eigenvalue weighted by molar-refractivity contribution is -0.111. The third-order valence-corrected chi connectivity index (χ3v) is 9.30. The summed E-state index contributed by atoms with van der Waals surface area (Å²) in [5.74, 6) is 5.80. The number of benzene rings is 2. The molecule has 1 aliphatic rings. The number of rotatable bonds is 13. The minimum absolute atomic E-state index is 0.259. The molecule has 2 N–H and O–H groups in total. The molecule has 43 heavy (non-hydrogen) atoms. The molecule has 1 amide bonds. The summed E-state index contributed by atoms with van der Waals surface area (Å²) >= 11 is 3.50. The van der Waals surface area contributed by atoms with Crippen molar-refractivity contribution >= 4 is 57.5 Å². The molecule has 1 fully saturated rings. The van der Waals surface area contributed by atoms with E-state index in [9.17, 15) is 9.36 Å². The van der Waals surface area contributed by atoms with Gasteiger partial charge < -0.3 is 24.4 Å². The first kappa shape index (κ1) is 32.9. The van der Waals surface area contributed by atoms with Crippen molar-refractivity contribution < 1.29 is 23.1 Å². The lowest BCUT2D eigenvalue weighted by Crippen LogP contribution is -2.52. The van der Waals surface area contributed by atoms with Gasteiger partial charge in [0.25, 0.3) is 5.91 Å². The average Bonchev–Trinajstić information content (AvgIpc) is 2.97. The zero-order valence-electron chi connectivity index (χ0n) is 24.9. The number of aromatic nitrogens is 2. The van der Waals surface area contributed by atoms with Crippen LogP contribution in [0.1, 0.15) is 34.1 Å². The van der Waals surface area contributed by atoms with Crippen LogP contribution in [0.4, 0.5) is 17.2 Å². The Bertz CT molecular complexity index is 1510. The highest BCUT2D eigenvalue weighted by atomic mass is 79.9. The van der Waals surface area contributed by atoms with Crippen molar-refractivity contribution in [1.29, 1.82) is 0 Å². The molecule has 1 atom stereocenters. The summed E-state index contributed by atoms with van der Waals surface area (Å²) in [6.07, 6.45) is 2.19. The van der Waals surface area contributed by atoms with Crippen LogP contribution in [0.25, 0.3) is 10.9 Å². The van der Waals surface area contributed by atoms with Crippen molar-refractivity contribution in [3.05, 3.63) is 47.2 Å². The van der Waals surface area contributed by atoms with Gasteiger partial charge in [-0.1, -0.05) is 34.8 Å². The van der Waals surface area contributed by atoms with Crippen LogP contribution in [0, 0.1) is 11.8 Å². The van der Waals surface area contributed by atoms with E-state index in [1.54, 1.807) is 6.92 Å². The molecule has 1 aromatic heterocycles. The topological polar surface area (TPSA) is 118 Å². The highest BCUT2D eigenvalue weighted by molar-refractivity contribution is 9.10. The van der Waals surface area contributed by atoms with Crippen LogP contribution >= 0.6 is 23.5 Å². The van der Waals surface area contributed by atoms with E-state index in [0.29, 0.717) is 74.0 Å². The number of ether oxygens (including phenoxy) is 1. The van der Waals surface area contributed by atoms with E-state index in [0.717, 1.165) is 10.2 Å². The Kier molecular flexibility index (Phi) is 11.9. The molecular formula is C30H38BrN6O5P. The van der Waals surface area contributed by atoms with E-state index < -0.39 is 13.5 Å². The molecule has 3 aromatic rings. The molecule has 13 heteroatoms. The molecule has 0 saturated carbocycles. The highest BCUT2D eigenvalue weighted by Crippen LogP contribution is 2.48. The van der Waals surface area contributed by atoms with Gasteiger partial charge in [-0.25, -0.2) is 9.97 Å². The van der Waals surface area contributed by atoms with Crippen molar-refractivity contribution in [3.63, 3.8) is 0 Å². The Labute approximate surface area is 261 Å². The number of hydrogen-bond acceptors (Lipinski definition) is 10. The highest BCUT2D eigenvalue weighted by Gasteiger charge is 2.31. The van der Waals surface area contributed by atoms with E-state index in [1.165, 1.54) is 6.33 Å². The van der Waals surface area contributed by atoms with Crippen LogP contribution in [0.2, 0.25) is 0 Å². The molecule has 1 aliphatic heterocycles. The molecule has 0 bridgehead atoms. The van der Waals surface area contributed by atoms with Gasteiger partial charge in [0.15, 0.2) is 6.23 Å². The van der Waals surface area contributed by atoms with Gasteiger partial charge in [-0.05, 0) is 57.4 Å². The summed E-state index contributed by atoms with van der Waals surface area (Å²) in [5, 5.41) is 6.93.